The number of carbonyl (C=O) groups is 2. The van der Waals surface area contributed by atoms with Gasteiger partial charge in [0.2, 0.25) is 0 Å². The van der Waals surface area contributed by atoms with Gasteiger partial charge in [0.15, 0.2) is 0 Å². The van der Waals surface area contributed by atoms with Crippen LogP contribution in [0.2, 0.25) is 4.34 Å². The van der Waals surface area contributed by atoms with Crippen LogP contribution in [0.1, 0.15) is 32.4 Å². The summed E-state index contributed by atoms with van der Waals surface area (Å²) in [4.78, 5) is 28.7. The van der Waals surface area contributed by atoms with Crippen LogP contribution < -0.4 is 10.6 Å². The van der Waals surface area contributed by atoms with E-state index in [1.54, 1.807) is 12.1 Å². The first-order chi connectivity index (χ1) is 15.0. The largest absolute Gasteiger partial charge is 0.336 e. The Bertz CT molecular complexity index is 1080. The second-order valence-corrected chi connectivity index (χ2v) is 9.41. The maximum atomic E-state index is 13.2. The Morgan fingerprint density at radius 1 is 1.00 bits per heavy atom. The molecule has 7 heteroatoms. The van der Waals surface area contributed by atoms with Gasteiger partial charge in [0, 0.05) is 18.8 Å². The van der Waals surface area contributed by atoms with Crippen molar-refractivity contribution in [1.82, 2.24) is 10.2 Å². The second-order valence-electron chi connectivity index (χ2n) is 7.70. The van der Waals surface area contributed by atoms with Gasteiger partial charge in [0.25, 0.3) is 11.8 Å². The zero-order valence-electron chi connectivity index (χ0n) is 17.2. The molecule has 3 aromatic rings. The van der Waals surface area contributed by atoms with Gasteiger partial charge in [-0.25, -0.2) is 0 Å². The fourth-order valence-electron chi connectivity index (χ4n) is 3.71. The Labute approximate surface area is 191 Å². The first kappa shape index (κ1) is 21.6. The van der Waals surface area contributed by atoms with E-state index in [1.807, 2.05) is 36.4 Å². The minimum Gasteiger partial charge on any atom is -0.336 e. The van der Waals surface area contributed by atoms with E-state index in [0.29, 0.717) is 14.8 Å². The Kier molecular flexibility index (Phi) is 6.70. The SMILES string of the molecule is CN1CCc2ccc(NC(=O)[C@H](NC(=O)c3ccc(Cl)s3)c3ccccc3)cc2CC1. The molecular formula is C24H24ClN3O2S. The number of nitrogens with zero attached hydrogens (tertiary/aromatic N) is 1. The summed E-state index contributed by atoms with van der Waals surface area (Å²) in [7, 11) is 2.13. The van der Waals surface area contributed by atoms with Gasteiger partial charge >= 0.3 is 0 Å². The van der Waals surface area contributed by atoms with Crippen molar-refractivity contribution in [3.05, 3.63) is 86.6 Å². The van der Waals surface area contributed by atoms with Crippen LogP contribution in [0.4, 0.5) is 5.69 Å². The highest BCUT2D eigenvalue weighted by atomic mass is 35.5. The van der Waals surface area contributed by atoms with Gasteiger partial charge in [-0.15, -0.1) is 11.3 Å². The van der Waals surface area contributed by atoms with Gasteiger partial charge in [0.05, 0.1) is 9.21 Å². The van der Waals surface area contributed by atoms with E-state index in [2.05, 4.69) is 34.7 Å². The molecule has 5 nitrogen and oxygen atoms in total. The van der Waals surface area contributed by atoms with Crippen molar-refractivity contribution in [2.45, 2.75) is 18.9 Å². The van der Waals surface area contributed by atoms with E-state index >= 15 is 0 Å². The predicted octanol–water partition coefficient (Wildman–Crippen LogP) is 4.54. The zero-order chi connectivity index (χ0) is 21.8. The van der Waals surface area contributed by atoms with Gasteiger partial charge in [-0.05, 0) is 60.8 Å². The Balaban J connectivity index is 1.54. The van der Waals surface area contributed by atoms with E-state index in [-0.39, 0.29) is 11.8 Å². The lowest BCUT2D eigenvalue weighted by Gasteiger charge is -2.19. The summed E-state index contributed by atoms with van der Waals surface area (Å²) in [6, 6.07) is 17.8. The van der Waals surface area contributed by atoms with E-state index in [9.17, 15) is 9.59 Å². The molecule has 31 heavy (non-hydrogen) atoms. The number of benzene rings is 2. The molecule has 0 saturated carbocycles. The van der Waals surface area contributed by atoms with Crippen molar-refractivity contribution >= 4 is 40.4 Å². The number of rotatable bonds is 5. The third kappa shape index (κ3) is 5.34. The van der Waals surface area contributed by atoms with Crippen LogP contribution in [0.15, 0.2) is 60.7 Å². The molecule has 160 valence electrons. The second kappa shape index (κ2) is 9.64. The highest BCUT2D eigenvalue weighted by molar-refractivity contribution is 7.18. The number of likely N-dealkylation sites (N-methyl/N-ethyl adjacent to an activating group) is 1. The molecule has 0 aliphatic carbocycles. The molecule has 1 atom stereocenters. The van der Waals surface area contributed by atoms with E-state index < -0.39 is 6.04 Å². The lowest BCUT2D eigenvalue weighted by molar-refractivity contribution is -0.118. The Morgan fingerprint density at radius 2 is 1.74 bits per heavy atom. The van der Waals surface area contributed by atoms with E-state index in [4.69, 9.17) is 11.6 Å². The maximum absolute atomic E-state index is 13.2. The molecule has 4 rings (SSSR count). The van der Waals surface area contributed by atoms with Crippen molar-refractivity contribution in [3.63, 3.8) is 0 Å². The fraction of sp³-hybridized carbons (Fsp3) is 0.250. The summed E-state index contributed by atoms with van der Waals surface area (Å²) in [6.07, 6.45) is 1.96. The van der Waals surface area contributed by atoms with Crippen LogP contribution in [0.5, 0.6) is 0 Å². The minimum atomic E-state index is -0.820. The average molecular weight is 454 g/mol. The average Bonchev–Trinajstić information content (AvgIpc) is 3.13. The van der Waals surface area contributed by atoms with Crippen molar-refractivity contribution in [2.24, 2.45) is 0 Å². The summed E-state index contributed by atoms with van der Waals surface area (Å²) in [5.41, 5.74) is 4.04. The zero-order valence-corrected chi connectivity index (χ0v) is 18.8. The summed E-state index contributed by atoms with van der Waals surface area (Å²) >= 11 is 7.15. The van der Waals surface area contributed by atoms with E-state index in [1.165, 1.54) is 22.5 Å². The molecule has 2 heterocycles. The van der Waals surface area contributed by atoms with Crippen molar-refractivity contribution < 1.29 is 9.59 Å². The summed E-state index contributed by atoms with van der Waals surface area (Å²) in [5, 5.41) is 5.85. The molecule has 2 amide bonds. The normalized spacial score (nSPS) is 14.9. The van der Waals surface area contributed by atoms with Gasteiger partial charge < -0.3 is 15.5 Å². The smallest absolute Gasteiger partial charge is 0.262 e. The molecule has 0 saturated heterocycles. The third-order valence-electron chi connectivity index (χ3n) is 5.47. The first-order valence-electron chi connectivity index (χ1n) is 10.2. The number of fused-ring (bicyclic) bond motifs is 1. The highest BCUT2D eigenvalue weighted by Crippen LogP contribution is 2.24. The fourth-order valence-corrected chi connectivity index (χ4v) is 4.66. The van der Waals surface area contributed by atoms with Gasteiger partial charge in [-0.2, -0.15) is 0 Å². The number of anilines is 1. The predicted molar refractivity (Wildman–Crippen MR) is 126 cm³/mol. The topological polar surface area (TPSA) is 61.4 Å². The van der Waals surface area contributed by atoms with Gasteiger partial charge in [0.1, 0.15) is 6.04 Å². The third-order valence-corrected chi connectivity index (χ3v) is 6.70. The molecule has 2 aromatic carbocycles. The molecule has 0 fully saturated rings. The highest BCUT2D eigenvalue weighted by Gasteiger charge is 2.24. The van der Waals surface area contributed by atoms with E-state index in [0.717, 1.165) is 31.6 Å². The number of thiophene rings is 1. The molecule has 1 aliphatic heterocycles. The molecule has 0 radical (unpaired) electrons. The van der Waals surface area contributed by atoms with Crippen LogP contribution in [0, 0.1) is 0 Å². The molecule has 0 bridgehead atoms. The van der Waals surface area contributed by atoms with Gasteiger partial charge in [-0.1, -0.05) is 48.0 Å². The monoisotopic (exact) mass is 453 g/mol. The minimum absolute atomic E-state index is 0.284. The van der Waals surface area contributed by atoms with Crippen LogP contribution in [0.3, 0.4) is 0 Å². The molecule has 1 aliphatic rings. The number of halogens is 1. The number of nitrogens with one attached hydrogen (secondary N) is 2. The number of hydrogen-bond donors (Lipinski definition) is 2. The molecule has 0 spiro atoms. The van der Waals surface area contributed by atoms with Crippen molar-refractivity contribution in [1.29, 1.82) is 0 Å². The standard InChI is InChI=1S/C24H24ClN3O2S/c1-28-13-11-16-7-8-19(15-18(16)12-14-28)26-24(30)22(17-5-3-2-4-6-17)27-23(29)20-9-10-21(25)31-20/h2-10,15,22H,11-14H2,1H3,(H,26,30)(H,27,29)/t22-/m1/s1. The van der Waals surface area contributed by atoms with Crippen molar-refractivity contribution in [3.8, 4) is 0 Å². The van der Waals surface area contributed by atoms with Gasteiger partial charge in [-0.3, -0.25) is 9.59 Å². The number of amides is 2. The number of hydrogen-bond acceptors (Lipinski definition) is 4. The Morgan fingerprint density at radius 3 is 2.45 bits per heavy atom. The maximum Gasteiger partial charge on any atom is 0.262 e. The lowest BCUT2D eigenvalue weighted by Crippen LogP contribution is -2.36. The molecular weight excluding hydrogens is 430 g/mol. The summed E-state index contributed by atoms with van der Waals surface area (Å²) in [5.74, 6) is -0.612. The quantitative estimate of drug-likeness (QED) is 0.596. The van der Waals surface area contributed by atoms with Crippen LogP contribution in [0.25, 0.3) is 0 Å². The molecule has 2 N–H and O–H groups in total. The van der Waals surface area contributed by atoms with Crippen LogP contribution >= 0.6 is 22.9 Å². The number of carbonyl (C=O) groups excluding carboxylic acids is 2. The molecule has 0 unspecified atom stereocenters. The first-order valence-corrected chi connectivity index (χ1v) is 11.4. The summed E-state index contributed by atoms with van der Waals surface area (Å²) in [6.45, 7) is 2.03. The lowest BCUT2D eigenvalue weighted by atomic mass is 10.0. The summed E-state index contributed by atoms with van der Waals surface area (Å²) < 4.78 is 0.529. The van der Waals surface area contributed by atoms with Crippen LogP contribution in [-0.4, -0.2) is 36.9 Å². The molecule has 1 aromatic heterocycles. The van der Waals surface area contributed by atoms with Crippen LogP contribution in [-0.2, 0) is 17.6 Å². The van der Waals surface area contributed by atoms with Crippen molar-refractivity contribution in [2.75, 3.05) is 25.5 Å². The Hall–Kier alpha value is -2.67.